The van der Waals surface area contributed by atoms with E-state index in [4.69, 9.17) is 17.3 Å². The Morgan fingerprint density at radius 3 is 2.84 bits per heavy atom. The van der Waals surface area contributed by atoms with Crippen LogP contribution in [-0.4, -0.2) is 25.3 Å². The summed E-state index contributed by atoms with van der Waals surface area (Å²) in [5.74, 6) is 0. The summed E-state index contributed by atoms with van der Waals surface area (Å²) in [4.78, 5) is 0. The Morgan fingerprint density at radius 2 is 2.16 bits per heavy atom. The molecule has 2 rings (SSSR count). The number of nitrogens with one attached hydrogen (secondary N) is 1. The van der Waals surface area contributed by atoms with E-state index >= 15 is 0 Å². The zero-order chi connectivity index (χ0) is 14.0. The Labute approximate surface area is 118 Å². The van der Waals surface area contributed by atoms with Gasteiger partial charge in [-0.1, -0.05) is 18.0 Å². The van der Waals surface area contributed by atoms with Crippen LogP contribution in [0.4, 0.5) is 11.4 Å². The van der Waals surface area contributed by atoms with Crippen molar-refractivity contribution >= 4 is 33.2 Å². The van der Waals surface area contributed by atoms with Gasteiger partial charge in [-0.2, -0.15) is 12.7 Å². The number of piperidine rings is 1. The third kappa shape index (κ3) is 3.32. The summed E-state index contributed by atoms with van der Waals surface area (Å²) in [6, 6.07) is 4.73. The van der Waals surface area contributed by atoms with Crippen LogP contribution in [-0.2, 0) is 10.2 Å². The highest BCUT2D eigenvalue weighted by Gasteiger charge is 2.29. The Balaban J connectivity index is 2.23. The summed E-state index contributed by atoms with van der Waals surface area (Å²) in [6.45, 7) is 2.46. The molecule has 1 aliphatic rings. The molecule has 5 nitrogen and oxygen atoms in total. The number of hydrogen-bond donors (Lipinski definition) is 2. The van der Waals surface area contributed by atoms with E-state index in [1.807, 2.05) is 6.92 Å². The minimum Gasteiger partial charge on any atom is -0.397 e. The Hall–Kier alpha value is -0.980. The van der Waals surface area contributed by atoms with E-state index in [-0.39, 0.29) is 6.04 Å². The van der Waals surface area contributed by atoms with Crippen molar-refractivity contribution in [1.82, 2.24) is 4.31 Å². The van der Waals surface area contributed by atoms with Crippen LogP contribution in [0.3, 0.4) is 0 Å². The molecule has 1 fully saturated rings. The molecule has 7 heteroatoms. The Kier molecular flexibility index (Phi) is 4.23. The molecule has 0 amide bonds. The molecular weight excluding hydrogens is 286 g/mol. The van der Waals surface area contributed by atoms with Crippen LogP contribution in [0.5, 0.6) is 0 Å². The third-order valence-electron chi connectivity index (χ3n) is 3.31. The van der Waals surface area contributed by atoms with Gasteiger partial charge >= 0.3 is 10.2 Å². The highest BCUT2D eigenvalue weighted by atomic mass is 35.5. The lowest BCUT2D eigenvalue weighted by Gasteiger charge is -2.32. The first-order chi connectivity index (χ1) is 8.90. The van der Waals surface area contributed by atoms with Gasteiger partial charge in [0, 0.05) is 17.6 Å². The van der Waals surface area contributed by atoms with E-state index in [0.717, 1.165) is 19.3 Å². The van der Waals surface area contributed by atoms with E-state index in [1.165, 1.54) is 10.4 Å². The van der Waals surface area contributed by atoms with E-state index in [1.54, 1.807) is 12.1 Å². The molecule has 0 spiro atoms. The molecule has 19 heavy (non-hydrogen) atoms. The molecule has 1 saturated heterocycles. The molecule has 1 unspecified atom stereocenters. The lowest BCUT2D eigenvalue weighted by molar-refractivity contribution is 0.270. The normalized spacial score (nSPS) is 21.3. The van der Waals surface area contributed by atoms with Crippen molar-refractivity contribution in [3.63, 3.8) is 0 Å². The van der Waals surface area contributed by atoms with Gasteiger partial charge in [-0.3, -0.25) is 4.72 Å². The second-order valence-corrected chi connectivity index (χ2v) is 6.85. The molecule has 3 N–H and O–H groups in total. The summed E-state index contributed by atoms with van der Waals surface area (Å²) < 4.78 is 28.7. The fourth-order valence-electron chi connectivity index (χ4n) is 2.24. The maximum Gasteiger partial charge on any atom is 0.301 e. The molecule has 106 valence electrons. The average Bonchev–Trinajstić information content (AvgIpc) is 2.34. The Morgan fingerprint density at radius 1 is 1.42 bits per heavy atom. The van der Waals surface area contributed by atoms with Crippen LogP contribution in [0.2, 0.25) is 5.02 Å². The number of hydrogen-bond acceptors (Lipinski definition) is 3. The highest BCUT2D eigenvalue weighted by molar-refractivity contribution is 7.90. The van der Waals surface area contributed by atoms with Crippen molar-refractivity contribution < 1.29 is 8.42 Å². The number of rotatable bonds is 3. The third-order valence-corrected chi connectivity index (χ3v) is 5.18. The van der Waals surface area contributed by atoms with Crippen molar-refractivity contribution in [3.8, 4) is 0 Å². The van der Waals surface area contributed by atoms with Crippen LogP contribution in [0.15, 0.2) is 18.2 Å². The molecule has 0 aromatic heterocycles. The Bertz CT molecular complexity index is 562. The molecule has 1 aromatic carbocycles. The van der Waals surface area contributed by atoms with Crippen LogP contribution >= 0.6 is 11.6 Å². The first kappa shape index (κ1) is 14.4. The summed E-state index contributed by atoms with van der Waals surface area (Å²) in [6.07, 6.45) is 2.83. The van der Waals surface area contributed by atoms with Gasteiger partial charge in [-0.05, 0) is 38.0 Å². The fraction of sp³-hybridized carbons (Fsp3) is 0.500. The molecule has 0 aliphatic carbocycles. The second-order valence-electron chi connectivity index (χ2n) is 4.79. The first-order valence-corrected chi connectivity index (χ1v) is 8.06. The first-order valence-electron chi connectivity index (χ1n) is 6.25. The van der Waals surface area contributed by atoms with Gasteiger partial charge in [-0.15, -0.1) is 0 Å². The molecule has 1 atom stereocenters. The molecule has 0 bridgehead atoms. The van der Waals surface area contributed by atoms with Gasteiger partial charge in [0.25, 0.3) is 0 Å². The zero-order valence-electron chi connectivity index (χ0n) is 10.8. The van der Waals surface area contributed by atoms with Crippen LogP contribution in [0, 0.1) is 0 Å². The predicted molar refractivity (Wildman–Crippen MR) is 78.4 cm³/mol. The molecule has 1 aliphatic heterocycles. The van der Waals surface area contributed by atoms with Crippen molar-refractivity contribution in [2.24, 2.45) is 0 Å². The van der Waals surface area contributed by atoms with Gasteiger partial charge < -0.3 is 5.73 Å². The number of nitrogens with zero attached hydrogens (tertiary/aromatic N) is 1. The minimum atomic E-state index is -3.58. The maximum absolute atomic E-state index is 12.3. The smallest absolute Gasteiger partial charge is 0.301 e. The lowest BCUT2D eigenvalue weighted by Crippen LogP contribution is -2.44. The lowest BCUT2D eigenvalue weighted by atomic mass is 10.1. The van der Waals surface area contributed by atoms with Gasteiger partial charge in [0.2, 0.25) is 0 Å². The van der Waals surface area contributed by atoms with Crippen molar-refractivity contribution in [2.45, 2.75) is 32.2 Å². The van der Waals surface area contributed by atoms with Crippen LogP contribution in [0.1, 0.15) is 26.2 Å². The van der Waals surface area contributed by atoms with Gasteiger partial charge in [0.15, 0.2) is 0 Å². The van der Waals surface area contributed by atoms with Crippen molar-refractivity contribution in [3.05, 3.63) is 23.2 Å². The predicted octanol–water partition coefficient (Wildman–Crippen LogP) is 2.45. The maximum atomic E-state index is 12.3. The monoisotopic (exact) mass is 303 g/mol. The van der Waals surface area contributed by atoms with E-state index < -0.39 is 10.2 Å². The minimum absolute atomic E-state index is 0.00617. The molecule has 0 saturated carbocycles. The topological polar surface area (TPSA) is 75.4 Å². The summed E-state index contributed by atoms with van der Waals surface area (Å²) in [5.41, 5.74) is 6.44. The molecule has 0 radical (unpaired) electrons. The number of benzene rings is 1. The summed E-state index contributed by atoms with van der Waals surface area (Å²) in [5, 5.41) is 0.443. The second kappa shape index (κ2) is 5.56. The average molecular weight is 304 g/mol. The summed E-state index contributed by atoms with van der Waals surface area (Å²) >= 11 is 5.86. The largest absolute Gasteiger partial charge is 0.397 e. The van der Waals surface area contributed by atoms with Crippen molar-refractivity contribution in [2.75, 3.05) is 17.0 Å². The quantitative estimate of drug-likeness (QED) is 0.842. The number of nitrogen functional groups attached to an aromatic ring is 1. The van der Waals surface area contributed by atoms with Crippen LogP contribution < -0.4 is 10.5 Å². The molecule has 1 aromatic rings. The molecule has 1 heterocycles. The van der Waals surface area contributed by atoms with Gasteiger partial charge in [-0.25, -0.2) is 0 Å². The number of nitrogens with two attached hydrogens (primary N) is 1. The van der Waals surface area contributed by atoms with Gasteiger partial charge in [0.05, 0.1) is 11.4 Å². The van der Waals surface area contributed by atoms with E-state index in [0.29, 0.717) is 22.9 Å². The van der Waals surface area contributed by atoms with E-state index in [9.17, 15) is 8.42 Å². The van der Waals surface area contributed by atoms with E-state index in [2.05, 4.69) is 4.72 Å². The SMILES string of the molecule is CC1CCCCN1S(=O)(=O)Nc1cc(Cl)ccc1N. The zero-order valence-corrected chi connectivity index (χ0v) is 12.3. The van der Waals surface area contributed by atoms with Crippen LogP contribution in [0.25, 0.3) is 0 Å². The number of halogens is 1. The van der Waals surface area contributed by atoms with Gasteiger partial charge in [0.1, 0.15) is 0 Å². The fourth-order valence-corrected chi connectivity index (χ4v) is 3.94. The molecular formula is C12H18ClN3O2S. The highest BCUT2D eigenvalue weighted by Crippen LogP contribution is 2.26. The van der Waals surface area contributed by atoms with Crippen molar-refractivity contribution in [1.29, 1.82) is 0 Å². The number of anilines is 2. The summed E-state index contributed by atoms with van der Waals surface area (Å²) in [7, 11) is -3.58. The standard InChI is InChI=1S/C12H18ClN3O2S/c1-9-4-2-3-7-16(9)19(17,18)15-12-8-10(13)5-6-11(12)14/h5-6,8-9,15H,2-4,7,14H2,1H3.